The van der Waals surface area contributed by atoms with E-state index >= 15 is 0 Å². The van der Waals surface area contributed by atoms with E-state index < -0.39 is 0 Å². The van der Waals surface area contributed by atoms with Crippen LogP contribution in [0.3, 0.4) is 0 Å². The van der Waals surface area contributed by atoms with Crippen LogP contribution in [0.5, 0.6) is 0 Å². The average Bonchev–Trinajstić information content (AvgIpc) is 2.13. The van der Waals surface area contributed by atoms with Gasteiger partial charge in [0.15, 0.2) is 0 Å². The summed E-state index contributed by atoms with van der Waals surface area (Å²) in [5.41, 5.74) is 1.14. The quantitative estimate of drug-likeness (QED) is 0.345. The average molecular weight is 190 g/mol. The van der Waals surface area contributed by atoms with E-state index in [-0.39, 0.29) is 24.3 Å². The van der Waals surface area contributed by atoms with Crippen LogP contribution in [-0.2, 0) is 0 Å². The number of rotatable bonds is 1. The molecule has 0 unspecified atom stereocenters. The molecule has 0 atom stereocenters. The van der Waals surface area contributed by atoms with Crippen LogP contribution in [0.1, 0.15) is 26.3 Å². The van der Waals surface area contributed by atoms with Gasteiger partial charge in [-0.25, -0.2) is 0 Å². The second kappa shape index (κ2) is 6.57. The number of allylic oxidation sites excluding steroid dienone is 1. The Bertz CT molecular complexity index is 358. The van der Waals surface area contributed by atoms with Crippen molar-refractivity contribution in [3.05, 3.63) is 42.0 Å². The molecule has 0 N–H and O–H groups in total. The van der Waals surface area contributed by atoms with Crippen molar-refractivity contribution in [1.82, 2.24) is 0 Å². The van der Waals surface area contributed by atoms with E-state index in [1.54, 1.807) is 0 Å². The molecule has 0 saturated carbocycles. The Balaban J connectivity index is 0.00000196. The SMILES string of the molecule is CC(C)(C)C#C/C=C\c1[c-]cccc1.[Li+]. The maximum Gasteiger partial charge on any atom is 1.00 e. The molecule has 0 aliphatic carbocycles. The van der Waals surface area contributed by atoms with Gasteiger partial charge in [-0.05, 0) is 20.8 Å². The molecule has 0 aliphatic rings. The summed E-state index contributed by atoms with van der Waals surface area (Å²) in [6.45, 7) is 6.30. The monoisotopic (exact) mass is 190 g/mol. The fourth-order valence-electron chi connectivity index (χ4n) is 0.901. The summed E-state index contributed by atoms with van der Waals surface area (Å²) >= 11 is 0. The van der Waals surface area contributed by atoms with Crippen LogP contribution in [0, 0.1) is 23.3 Å². The van der Waals surface area contributed by atoms with Crippen molar-refractivity contribution in [1.29, 1.82) is 0 Å². The third-order valence-electron chi connectivity index (χ3n) is 1.53. The Morgan fingerprint density at radius 2 is 2.00 bits per heavy atom. The van der Waals surface area contributed by atoms with Crippen LogP contribution in [0.25, 0.3) is 6.08 Å². The molecule has 0 heterocycles. The van der Waals surface area contributed by atoms with Crippen molar-refractivity contribution in [3.8, 4) is 11.8 Å². The summed E-state index contributed by atoms with van der Waals surface area (Å²) in [5, 5.41) is 0. The van der Waals surface area contributed by atoms with Crippen LogP contribution in [0.4, 0.5) is 0 Å². The molecular formula is C14H15Li. The standard InChI is InChI=1S/C14H15.Li/c1-14(2,3)12-8-7-11-13-9-5-4-6-10-13;/h4-7,9,11H,1-3H3;/q-1;+1/b11-7-;. The molecule has 0 fully saturated rings. The van der Waals surface area contributed by atoms with E-state index in [0.29, 0.717) is 0 Å². The summed E-state index contributed by atoms with van der Waals surface area (Å²) in [5.74, 6) is 6.16. The van der Waals surface area contributed by atoms with Crippen LogP contribution in [-0.4, -0.2) is 0 Å². The maximum absolute atomic E-state index is 3.14. The number of hydrogen-bond acceptors (Lipinski definition) is 0. The van der Waals surface area contributed by atoms with Gasteiger partial charge in [-0.3, -0.25) is 0 Å². The van der Waals surface area contributed by atoms with Crippen molar-refractivity contribution < 1.29 is 18.9 Å². The summed E-state index contributed by atoms with van der Waals surface area (Å²) in [6.07, 6.45) is 3.84. The van der Waals surface area contributed by atoms with Crippen molar-refractivity contribution >= 4 is 6.08 Å². The van der Waals surface area contributed by atoms with E-state index in [9.17, 15) is 0 Å². The zero-order valence-corrected chi connectivity index (χ0v) is 9.96. The summed E-state index contributed by atoms with van der Waals surface area (Å²) in [6, 6.07) is 11.0. The molecule has 72 valence electrons. The molecule has 1 aromatic rings. The van der Waals surface area contributed by atoms with Crippen LogP contribution in [0.2, 0.25) is 0 Å². The second-order valence-corrected chi connectivity index (χ2v) is 4.17. The molecule has 0 spiro atoms. The molecule has 0 aromatic heterocycles. The topological polar surface area (TPSA) is 0 Å². The first-order valence-corrected chi connectivity index (χ1v) is 4.74. The summed E-state index contributed by atoms with van der Waals surface area (Å²) in [4.78, 5) is 0. The van der Waals surface area contributed by atoms with E-state index in [0.717, 1.165) is 5.56 Å². The predicted molar refractivity (Wildman–Crippen MR) is 61.5 cm³/mol. The molecule has 0 bridgehead atoms. The minimum absolute atomic E-state index is 0. The molecule has 0 aliphatic heterocycles. The van der Waals surface area contributed by atoms with Gasteiger partial charge in [0.25, 0.3) is 0 Å². The van der Waals surface area contributed by atoms with E-state index in [1.165, 1.54) is 0 Å². The Morgan fingerprint density at radius 1 is 1.27 bits per heavy atom. The van der Waals surface area contributed by atoms with Crippen LogP contribution >= 0.6 is 0 Å². The molecule has 0 nitrogen and oxygen atoms in total. The molecule has 1 aromatic carbocycles. The van der Waals surface area contributed by atoms with Crippen molar-refractivity contribution in [2.45, 2.75) is 20.8 Å². The second-order valence-electron chi connectivity index (χ2n) is 4.17. The Kier molecular flexibility index (Phi) is 6.19. The van der Waals surface area contributed by atoms with Crippen LogP contribution in [0.15, 0.2) is 30.3 Å². The molecular weight excluding hydrogens is 175 g/mol. The van der Waals surface area contributed by atoms with Gasteiger partial charge in [0, 0.05) is 5.41 Å². The van der Waals surface area contributed by atoms with Crippen molar-refractivity contribution in [2.24, 2.45) is 5.41 Å². The van der Waals surface area contributed by atoms with Gasteiger partial charge in [-0.15, -0.1) is 42.0 Å². The Morgan fingerprint density at radius 3 is 2.53 bits per heavy atom. The fourth-order valence-corrected chi connectivity index (χ4v) is 0.901. The van der Waals surface area contributed by atoms with Crippen LogP contribution < -0.4 is 18.9 Å². The first-order chi connectivity index (χ1) is 6.58. The molecule has 0 amide bonds. The van der Waals surface area contributed by atoms with Crippen molar-refractivity contribution in [3.63, 3.8) is 0 Å². The fraction of sp³-hybridized carbons (Fsp3) is 0.286. The predicted octanol–water partition coefficient (Wildman–Crippen LogP) is 0.553. The normalized spacial score (nSPS) is 10.3. The number of hydrogen-bond donors (Lipinski definition) is 0. The smallest absolute Gasteiger partial charge is 0.150 e. The molecule has 1 rings (SSSR count). The van der Waals surface area contributed by atoms with Gasteiger partial charge in [-0.1, -0.05) is 17.9 Å². The third-order valence-corrected chi connectivity index (χ3v) is 1.53. The molecule has 1 heteroatoms. The number of benzene rings is 1. The zero-order valence-electron chi connectivity index (χ0n) is 9.96. The summed E-state index contributed by atoms with van der Waals surface area (Å²) in [7, 11) is 0. The maximum atomic E-state index is 3.14. The first-order valence-electron chi connectivity index (χ1n) is 4.74. The molecule has 0 saturated heterocycles. The third kappa shape index (κ3) is 7.09. The largest absolute Gasteiger partial charge is 1.00 e. The van der Waals surface area contributed by atoms with Gasteiger partial charge in [0.2, 0.25) is 0 Å². The minimum atomic E-state index is 0. The van der Waals surface area contributed by atoms with Gasteiger partial charge < -0.3 is 0 Å². The van der Waals surface area contributed by atoms with E-state index in [2.05, 4.69) is 38.7 Å². The molecule has 15 heavy (non-hydrogen) atoms. The minimum Gasteiger partial charge on any atom is -0.150 e. The van der Waals surface area contributed by atoms with Gasteiger partial charge in [-0.2, -0.15) is 0 Å². The molecule has 0 radical (unpaired) electrons. The van der Waals surface area contributed by atoms with E-state index in [1.807, 2.05) is 36.4 Å². The van der Waals surface area contributed by atoms with Gasteiger partial charge >= 0.3 is 18.9 Å². The Labute approximate surface area is 105 Å². The Hall–Kier alpha value is -0.883. The van der Waals surface area contributed by atoms with E-state index in [4.69, 9.17) is 0 Å². The van der Waals surface area contributed by atoms with Gasteiger partial charge in [0.1, 0.15) is 0 Å². The first kappa shape index (κ1) is 14.1. The van der Waals surface area contributed by atoms with Gasteiger partial charge in [0.05, 0.1) is 0 Å². The summed E-state index contributed by atoms with van der Waals surface area (Å²) < 4.78 is 0. The zero-order chi connectivity index (χ0) is 10.4. The van der Waals surface area contributed by atoms with Crippen molar-refractivity contribution in [2.75, 3.05) is 0 Å².